The van der Waals surface area contributed by atoms with Crippen molar-refractivity contribution < 1.29 is 0 Å². The van der Waals surface area contributed by atoms with Crippen molar-refractivity contribution in [3.05, 3.63) is 0 Å². The minimum absolute atomic E-state index is 0. The van der Waals surface area contributed by atoms with Crippen molar-refractivity contribution in [3.8, 4) is 0 Å². The Morgan fingerprint density at radius 3 is 2.57 bits per heavy atom. The molecule has 1 aliphatic rings. The van der Waals surface area contributed by atoms with E-state index < -0.39 is 0 Å². The van der Waals surface area contributed by atoms with Crippen LogP contribution in [0.2, 0.25) is 0 Å². The normalized spacial score (nSPS) is 20.1. The van der Waals surface area contributed by atoms with E-state index in [9.17, 15) is 0 Å². The van der Waals surface area contributed by atoms with Crippen molar-refractivity contribution in [3.63, 3.8) is 0 Å². The van der Waals surface area contributed by atoms with Crippen LogP contribution in [0.15, 0.2) is 0 Å². The van der Waals surface area contributed by atoms with Gasteiger partial charge in [-0.2, -0.15) is 0 Å². The Labute approximate surface area is 94.6 Å². The minimum Gasteiger partial charge on any atom is -0.338 e. The average molecular weight is 241 g/mol. The maximum atomic E-state index is 5.76. The summed E-state index contributed by atoms with van der Waals surface area (Å²) in [5.74, 6) is 0.808. The van der Waals surface area contributed by atoms with E-state index in [0.29, 0.717) is 0 Å². The molecule has 6 nitrogen and oxygen atoms in total. The highest BCUT2D eigenvalue weighted by molar-refractivity contribution is 5.85. The van der Waals surface area contributed by atoms with Crippen molar-refractivity contribution in [2.45, 2.75) is 12.5 Å². The number of halogens is 2. The molecular formula is C6H14Cl2N6. The summed E-state index contributed by atoms with van der Waals surface area (Å²) in [6, 6.07) is 0.265. The summed E-state index contributed by atoms with van der Waals surface area (Å²) in [6.07, 6.45) is 1.02. The Balaban J connectivity index is 0.000000845. The van der Waals surface area contributed by atoms with Crippen LogP contribution in [-0.2, 0) is 7.05 Å². The molecule has 0 aromatic carbocycles. The first-order chi connectivity index (χ1) is 5.77. The molecule has 1 aromatic heterocycles. The van der Waals surface area contributed by atoms with Gasteiger partial charge in [0, 0.05) is 26.2 Å². The lowest BCUT2D eigenvalue weighted by molar-refractivity contribution is 0.695. The Kier molecular flexibility index (Phi) is 5.11. The fraction of sp³-hybridized carbons (Fsp3) is 0.833. The van der Waals surface area contributed by atoms with Crippen LogP contribution in [0.4, 0.5) is 5.95 Å². The molecule has 1 fully saturated rings. The third kappa shape index (κ3) is 2.46. The van der Waals surface area contributed by atoms with E-state index in [2.05, 4.69) is 20.4 Å². The summed E-state index contributed by atoms with van der Waals surface area (Å²) >= 11 is 0. The topological polar surface area (TPSA) is 72.9 Å². The number of aromatic nitrogens is 4. The van der Waals surface area contributed by atoms with Gasteiger partial charge in [-0.25, -0.2) is 4.68 Å². The summed E-state index contributed by atoms with van der Waals surface area (Å²) in [7, 11) is 1.83. The lowest BCUT2D eigenvalue weighted by Gasteiger charge is -2.13. The van der Waals surface area contributed by atoms with Gasteiger partial charge in [0.15, 0.2) is 0 Å². The van der Waals surface area contributed by atoms with Gasteiger partial charge < -0.3 is 10.6 Å². The largest absolute Gasteiger partial charge is 0.338 e. The smallest absolute Gasteiger partial charge is 0.245 e. The molecule has 0 unspecified atom stereocenters. The molecule has 1 aromatic rings. The quantitative estimate of drug-likeness (QED) is 0.723. The van der Waals surface area contributed by atoms with E-state index in [1.54, 1.807) is 4.68 Å². The van der Waals surface area contributed by atoms with Crippen molar-refractivity contribution >= 4 is 30.8 Å². The lowest BCUT2D eigenvalue weighted by atomic mass is 10.3. The Morgan fingerprint density at radius 1 is 1.43 bits per heavy atom. The second kappa shape index (κ2) is 5.33. The SMILES string of the molecule is Cl.Cl.Cn1nnnc1N1CC[C@H](N)C1. The van der Waals surface area contributed by atoms with Gasteiger partial charge in [-0.1, -0.05) is 5.10 Å². The van der Waals surface area contributed by atoms with Crippen molar-refractivity contribution in [1.29, 1.82) is 0 Å². The third-order valence-electron chi connectivity index (χ3n) is 2.11. The molecule has 14 heavy (non-hydrogen) atoms. The van der Waals surface area contributed by atoms with Crippen LogP contribution in [0, 0.1) is 0 Å². The zero-order chi connectivity index (χ0) is 8.55. The van der Waals surface area contributed by atoms with Crippen molar-refractivity contribution in [2.24, 2.45) is 12.8 Å². The van der Waals surface area contributed by atoms with Crippen LogP contribution in [0.1, 0.15) is 6.42 Å². The van der Waals surface area contributed by atoms with Gasteiger partial charge in [0.25, 0.3) is 0 Å². The second-order valence-corrected chi connectivity index (χ2v) is 3.10. The second-order valence-electron chi connectivity index (χ2n) is 3.10. The molecule has 0 radical (unpaired) electrons. The maximum Gasteiger partial charge on any atom is 0.245 e. The molecule has 82 valence electrons. The average Bonchev–Trinajstić information content (AvgIpc) is 2.58. The fourth-order valence-electron chi connectivity index (χ4n) is 1.46. The summed E-state index contributed by atoms with van der Waals surface area (Å²) in [5.41, 5.74) is 5.76. The number of rotatable bonds is 1. The van der Waals surface area contributed by atoms with Crippen LogP contribution in [0.25, 0.3) is 0 Å². The summed E-state index contributed by atoms with van der Waals surface area (Å²) in [5, 5.41) is 11.2. The Morgan fingerprint density at radius 2 is 2.14 bits per heavy atom. The summed E-state index contributed by atoms with van der Waals surface area (Å²) in [6.45, 7) is 1.81. The monoisotopic (exact) mass is 240 g/mol. The predicted molar refractivity (Wildman–Crippen MR) is 58.1 cm³/mol. The lowest BCUT2D eigenvalue weighted by Crippen LogP contribution is -2.28. The van der Waals surface area contributed by atoms with Crippen LogP contribution in [0.5, 0.6) is 0 Å². The number of anilines is 1. The number of nitrogens with zero attached hydrogens (tertiary/aromatic N) is 5. The summed E-state index contributed by atoms with van der Waals surface area (Å²) < 4.78 is 1.66. The molecule has 0 saturated carbocycles. The van der Waals surface area contributed by atoms with Gasteiger partial charge in [0.2, 0.25) is 5.95 Å². The number of aryl methyl sites for hydroxylation is 1. The Bertz CT molecular complexity index is 277. The van der Waals surface area contributed by atoms with E-state index in [0.717, 1.165) is 25.5 Å². The molecule has 1 atom stereocenters. The molecular weight excluding hydrogens is 227 g/mol. The predicted octanol–water partition coefficient (Wildman–Crippen LogP) is -0.409. The summed E-state index contributed by atoms with van der Waals surface area (Å²) in [4.78, 5) is 2.10. The number of hydrogen-bond donors (Lipinski definition) is 1. The van der Waals surface area contributed by atoms with E-state index in [1.807, 2.05) is 7.05 Å². The molecule has 2 N–H and O–H groups in total. The van der Waals surface area contributed by atoms with E-state index in [-0.39, 0.29) is 30.9 Å². The molecule has 2 heterocycles. The first-order valence-corrected chi connectivity index (χ1v) is 4.00. The maximum absolute atomic E-state index is 5.76. The molecule has 1 saturated heterocycles. The fourth-order valence-corrected chi connectivity index (χ4v) is 1.46. The van der Waals surface area contributed by atoms with Crippen LogP contribution < -0.4 is 10.6 Å². The van der Waals surface area contributed by atoms with Gasteiger partial charge in [-0.15, -0.1) is 24.8 Å². The number of hydrogen-bond acceptors (Lipinski definition) is 5. The highest BCUT2D eigenvalue weighted by Crippen LogP contribution is 2.14. The third-order valence-corrected chi connectivity index (χ3v) is 2.11. The highest BCUT2D eigenvalue weighted by atomic mass is 35.5. The number of tetrazole rings is 1. The highest BCUT2D eigenvalue weighted by Gasteiger charge is 2.22. The van der Waals surface area contributed by atoms with Gasteiger partial charge in [-0.3, -0.25) is 0 Å². The van der Waals surface area contributed by atoms with Crippen LogP contribution >= 0.6 is 24.8 Å². The van der Waals surface area contributed by atoms with Crippen molar-refractivity contribution in [2.75, 3.05) is 18.0 Å². The van der Waals surface area contributed by atoms with Crippen LogP contribution in [-0.4, -0.2) is 39.3 Å². The molecule has 0 spiro atoms. The van der Waals surface area contributed by atoms with Gasteiger partial charge in [0.05, 0.1) is 0 Å². The molecule has 0 bridgehead atoms. The molecule has 0 amide bonds. The molecule has 2 rings (SSSR count). The van der Waals surface area contributed by atoms with E-state index in [4.69, 9.17) is 5.73 Å². The number of nitrogens with two attached hydrogens (primary N) is 1. The Hall–Kier alpha value is -0.590. The standard InChI is InChI=1S/C6H12N6.2ClH/c1-11-6(8-9-10-11)12-3-2-5(7)4-12;;/h5H,2-4,7H2,1H3;2*1H/t5-;;/m0../s1. The van der Waals surface area contributed by atoms with E-state index >= 15 is 0 Å². The zero-order valence-corrected chi connectivity index (χ0v) is 9.46. The van der Waals surface area contributed by atoms with Gasteiger partial charge in [-0.05, 0) is 16.8 Å². The van der Waals surface area contributed by atoms with Gasteiger partial charge in [0.1, 0.15) is 0 Å². The molecule has 1 aliphatic heterocycles. The van der Waals surface area contributed by atoms with Crippen LogP contribution in [0.3, 0.4) is 0 Å². The molecule has 8 heteroatoms. The first kappa shape index (κ1) is 13.4. The van der Waals surface area contributed by atoms with Gasteiger partial charge >= 0.3 is 0 Å². The molecule has 0 aliphatic carbocycles. The minimum atomic E-state index is 0. The van der Waals surface area contributed by atoms with Crippen molar-refractivity contribution in [1.82, 2.24) is 20.2 Å². The first-order valence-electron chi connectivity index (χ1n) is 4.00. The van der Waals surface area contributed by atoms with E-state index in [1.165, 1.54) is 0 Å². The zero-order valence-electron chi connectivity index (χ0n) is 7.83.